The third kappa shape index (κ3) is 4.22. The van der Waals surface area contributed by atoms with Crippen LogP contribution in [-0.2, 0) is 4.79 Å². The van der Waals surface area contributed by atoms with E-state index in [1.807, 2.05) is 18.2 Å². The van der Waals surface area contributed by atoms with Crippen molar-refractivity contribution < 1.29 is 9.90 Å². The van der Waals surface area contributed by atoms with E-state index in [9.17, 15) is 14.7 Å². The fourth-order valence-electron chi connectivity index (χ4n) is 4.68. The van der Waals surface area contributed by atoms with Crippen molar-refractivity contribution in [2.75, 3.05) is 20.1 Å². The minimum atomic E-state index is -1.18. The predicted molar refractivity (Wildman–Crippen MR) is 131 cm³/mol. The van der Waals surface area contributed by atoms with Gasteiger partial charge in [0.15, 0.2) is 11.6 Å². The standard InChI is InChI=1S/C27H26N4O3/c1-30-15-13-19(14-16-30)18-7-9-20(10-8-18)22-11-12-23-24(29-22)26(32)31(17-28-23)25(27(33)34)21-5-3-2-4-6-21/h2-12,17,19,25H,13-16H2,1H3,(H,33,34). The van der Waals surface area contributed by atoms with Crippen molar-refractivity contribution in [1.82, 2.24) is 19.4 Å². The third-order valence-electron chi connectivity index (χ3n) is 6.66. The van der Waals surface area contributed by atoms with Crippen molar-refractivity contribution in [3.05, 3.63) is 94.5 Å². The van der Waals surface area contributed by atoms with E-state index in [4.69, 9.17) is 0 Å². The Morgan fingerprint density at radius 3 is 2.38 bits per heavy atom. The number of nitrogens with zero attached hydrogens (tertiary/aromatic N) is 4. The van der Waals surface area contributed by atoms with Gasteiger partial charge in [-0.1, -0.05) is 54.6 Å². The Kier molecular flexibility index (Phi) is 5.94. The normalized spacial score (nSPS) is 15.9. The number of aliphatic carboxylic acids is 1. The Hall–Kier alpha value is -3.84. The molecule has 7 nitrogen and oxygen atoms in total. The molecule has 172 valence electrons. The molecule has 0 radical (unpaired) electrons. The molecule has 34 heavy (non-hydrogen) atoms. The van der Waals surface area contributed by atoms with Crippen molar-refractivity contribution in [1.29, 1.82) is 0 Å². The summed E-state index contributed by atoms with van der Waals surface area (Å²) in [6.45, 7) is 2.22. The van der Waals surface area contributed by atoms with Gasteiger partial charge in [0.25, 0.3) is 5.56 Å². The lowest BCUT2D eigenvalue weighted by Crippen LogP contribution is -2.31. The third-order valence-corrected chi connectivity index (χ3v) is 6.66. The van der Waals surface area contributed by atoms with Gasteiger partial charge < -0.3 is 10.0 Å². The number of pyridine rings is 1. The van der Waals surface area contributed by atoms with E-state index in [2.05, 4.69) is 34.0 Å². The van der Waals surface area contributed by atoms with Crippen LogP contribution in [0.15, 0.2) is 77.9 Å². The Labute approximate surface area is 197 Å². The van der Waals surface area contributed by atoms with Crippen LogP contribution in [0.5, 0.6) is 0 Å². The lowest BCUT2D eigenvalue weighted by atomic mass is 9.89. The molecular weight excluding hydrogens is 428 g/mol. The van der Waals surface area contributed by atoms with Gasteiger partial charge in [-0.15, -0.1) is 0 Å². The van der Waals surface area contributed by atoms with Crippen LogP contribution in [0.2, 0.25) is 0 Å². The van der Waals surface area contributed by atoms with E-state index < -0.39 is 17.6 Å². The molecule has 7 heteroatoms. The summed E-state index contributed by atoms with van der Waals surface area (Å²) in [7, 11) is 2.16. The zero-order valence-corrected chi connectivity index (χ0v) is 19.0. The zero-order valence-electron chi connectivity index (χ0n) is 19.0. The van der Waals surface area contributed by atoms with Gasteiger partial charge in [-0.2, -0.15) is 0 Å². The first-order chi connectivity index (χ1) is 16.5. The summed E-state index contributed by atoms with van der Waals surface area (Å²) in [4.78, 5) is 36.6. The van der Waals surface area contributed by atoms with E-state index in [0.717, 1.165) is 36.1 Å². The molecule has 3 heterocycles. The van der Waals surface area contributed by atoms with Crippen molar-refractivity contribution >= 4 is 17.0 Å². The minimum Gasteiger partial charge on any atom is -0.479 e. The quantitative estimate of drug-likeness (QED) is 0.491. The average molecular weight is 455 g/mol. The van der Waals surface area contributed by atoms with E-state index in [1.165, 1.54) is 11.9 Å². The predicted octanol–water partition coefficient (Wildman–Crippen LogP) is 3.94. The molecule has 2 aromatic heterocycles. The molecule has 1 unspecified atom stereocenters. The van der Waals surface area contributed by atoms with Gasteiger partial charge in [-0.3, -0.25) is 9.36 Å². The fraction of sp³-hybridized carbons (Fsp3) is 0.259. The highest BCUT2D eigenvalue weighted by Crippen LogP contribution is 2.29. The molecule has 1 atom stereocenters. The Bertz CT molecular complexity index is 1370. The van der Waals surface area contributed by atoms with Gasteiger partial charge >= 0.3 is 5.97 Å². The molecule has 0 saturated carbocycles. The van der Waals surface area contributed by atoms with Crippen LogP contribution in [0.25, 0.3) is 22.3 Å². The second-order valence-electron chi connectivity index (χ2n) is 8.87. The van der Waals surface area contributed by atoms with Crippen molar-refractivity contribution in [2.45, 2.75) is 24.8 Å². The maximum atomic E-state index is 13.3. The lowest BCUT2D eigenvalue weighted by molar-refractivity contribution is -0.139. The van der Waals surface area contributed by atoms with E-state index in [-0.39, 0.29) is 5.52 Å². The number of carboxylic acid groups (broad SMARTS) is 1. The molecule has 0 amide bonds. The number of benzene rings is 2. The number of carboxylic acids is 1. The number of hydrogen-bond donors (Lipinski definition) is 1. The second-order valence-corrected chi connectivity index (χ2v) is 8.87. The SMILES string of the molecule is CN1CCC(c2ccc(-c3ccc4ncn(C(C(=O)O)c5ccccc5)c(=O)c4n3)cc2)CC1. The summed E-state index contributed by atoms with van der Waals surface area (Å²) in [6.07, 6.45) is 3.59. The highest BCUT2D eigenvalue weighted by atomic mass is 16.4. The smallest absolute Gasteiger partial charge is 0.331 e. The molecule has 5 rings (SSSR count). The summed E-state index contributed by atoms with van der Waals surface area (Å²) < 4.78 is 1.14. The maximum absolute atomic E-state index is 13.3. The van der Waals surface area contributed by atoms with E-state index >= 15 is 0 Å². The van der Waals surface area contributed by atoms with Crippen molar-refractivity contribution in [2.24, 2.45) is 0 Å². The van der Waals surface area contributed by atoms with Gasteiger partial charge in [-0.25, -0.2) is 14.8 Å². The molecular formula is C27H26N4O3. The molecule has 1 aliphatic rings. The first-order valence-corrected chi connectivity index (χ1v) is 11.5. The minimum absolute atomic E-state index is 0.154. The highest BCUT2D eigenvalue weighted by Gasteiger charge is 2.24. The number of rotatable bonds is 5. The van der Waals surface area contributed by atoms with Crippen molar-refractivity contribution in [3.8, 4) is 11.3 Å². The largest absolute Gasteiger partial charge is 0.479 e. The van der Waals surface area contributed by atoms with Gasteiger partial charge in [0, 0.05) is 5.56 Å². The highest BCUT2D eigenvalue weighted by molar-refractivity contribution is 5.79. The first kappa shape index (κ1) is 22.0. The van der Waals surface area contributed by atoms with Gasteiger partial charge in [0.2, 0.25) is 0 Å². The summed E-state index contributed by atoms with van der Waals surface area (Å²) in [5.74, 6) is -0.563. The summed E-state index contributed by atoms with van der Waals surface area (Å²) >= 11 is 0. The van der Waals surface area contributed by atoms with Crippen LogP contribution in [0.4, 0.5) is 0 Å². The van der Waals surface area contributed by atoms with E-state index in [1.54, 1.807) is 36.4 Å². The van der Waals surface area contributed by atoms with Crippen LogP contribution in [0.3, 0.4) is 0 Å². The zero-order chi connectivity index (χ0) is 23.7. The summed E-state index contributed by atoms with van der Waals surface area (Å²) in [6, 6.07) is 19.5. The monoisotopic (exact) mass is 454 g/mol. The maximum Gasteiger partial charge on any atom is 0.331 e. The van der Waals surface area contributed by atoms with Crippen LogP contribution >= 0.6 is 0 Å². The Balaban J connectivity index is 1.50. The molecule has 1 aliphatic heterocycles. The molecule has 1 saturated heterocycles. The Morgan fingerprint density at radius 1 is 1.00 bits per heavy atom. The van der Waals surface area contributed by atoms with Gasteiger partial charge in [0.05, 0.1) is 17.5 Å². The Morgan fingerprint density at radius 2 is 1.71 bits per heavy atom. The molecule has 2 aromatic carbocycles. The average Bonchev–Trinajstić information content (AvgIpc) is 2.87. The molecule has 1 N–H and O–H groups in total. The second kappa shape index (κ2) is 9.19. The van der Waals surface area contributed by atoms with Crippen LogP contribution in [0.1, 0.15) is 35.9 Å². The van der Waals surface area contributed by atoms with Gasteiger partial charge in [-0.05, 0) is 62.2 Å². The summed E-state index contributed by atoms with van der Waals surface area (Å²) in [5.41, 5.74) is 3.50. The number of carbonyl (C=O) groups is 1. The topological polar surface area (TPSA) is 88.3 Å². The number of aromatic nitrogens is 3. The molecule has 4 aromatic rings. The van der Waals surface area contributed by atoms with E-state index in [0.29, 0.717) is 22.7 Å². The number of likely N-dealkylation sites (tertiary alicyclic amines) is 1. The van der Waals surface area contributed by atoms with Crippen LogP contribution in [-0.4, -0.2) is 50.6 Å². The number of piperidine rings is 1. The molecule has 0 bridgehead atoms. The van der Waals surface area contributed by atoms with Crippen LogP contribution < -0.4 is 5.56 Å². The van der Waals surface area contributed by atoms with Gasteiger partial charge in [0.1, 0.15) is 0 Å². The molecule has 0 aliphatic carbocycles. The molecule has 1 fully saturated rings. The number of hydrogen-bond acceptors (Lipinski definition) is 5. The summed E-state index contributed by atoms with van der Waals surface area (Å²) in [5, 5.41) is 9.85. The van der Waals surface area contributed by atoms with Crippen LogP contribution in [0, 0.1) is 0 Å². The molecule has 0 spiro atoms. The first-order valence-electron chi connectivity index (χ1n) is 11.5. The lowest BCUT2D eigenvalue weighted by Gasteiger charge is -2.29. The fourth-order valence-corrected chi connectivity index (χ4v) is 4.68. The number of fused-ring (bicyclic) bond motifs is 1. The van der Waals surface area contributed by atoms with Crippen molar-refractivity contribution in [3.63, 3.8) is 0 Å².